The number of aliphatic hydroxyl groups is 2. The lowest BCUT2D eigenvalue weighted by molar-refractivity contribution is -0.143. The number of ether oxygens (including phenoxy) is 1. The van der Waals surface area contributed by atoms with Crippen LogP contribution in [0, 0.1) is 0 Å². The molecule has 0 spiro atoms. The van der Waals surface area contributed by atoms with E-state index in [2.05, 4.69) is 31.3 Å². The van der Waals surface area contributed by atoms with Gasteiger partial charge < -0.3 is 20.3 Å². The zero-order valence-electron chi connectivity index (χ0n) is 66.4. The van der Waals surface area contributed by atoms with Gasteiger partial charge >= 0.3 is 5.97 Å². The first-order valence-electron chi connectivity index (χ1n) is 45.1. The number of rotatable bonds is 86. The largest absolute Gasteiger partial charge is 0.466 e. The third-order valence-electron chi connectivity index (χ3n) is 21.5. The number of allylic oxidation sites excluding steroid dienone is 3. The summed E-state index contributed by atoms with van der Waals surface area (Å²) in [7, 11) is 0. The van der Waals surface area contributed by atoms with Crippen molar-refractivity contribution < 1.29 is 24.5 Å². The quantitative estimate of drug-likeness (QED) is 0.0320. The van der Waals surface area contributed by atoms with E-state index in [9.17, 15) is 19.8 Å². The van der Waals surface area contributed by atoms with Gasteiger partial charge in [0.25, 0.3) is 0 Å². The van der Waals surface area contributed by atoms with Gasteiger partial charge in [-0.15, -0.1) is 0 Å². The molecule has 0 saturated carbocycles. The molecule has 0 aromatic heterocycles. The summed E-state index contributed by atoms with van der Waals surface area (Å²) in [5, 5.41) is 23.3. The highest BCUT2D eigenvalue weighted by molar-refractivity contribution is 5.76. The topological polar surface area (TPSA) is 95.9 Å². The van der Waals surface area contributed by atoms with Crippen molar-refractivity contribution in [2.75, 3.05) is 13.2 Å². The second-order valence-corrected chi connectivity index (χ2v) is 31.3. The first kappa shape index (κ1) is 95.3. The van der Waals surface area contributed by atoms with E-state index in [1.54, 1.807) is 6.08 Å². The Hall–Kier alpha value is -1.66. The molecule has 3 N–H and O–H groups in total. The van der Waals surface area contributed by atoms with Gasteiger partial charge in [-0.2, -0.15) is 0 Å². The van der Waals surface area contributed by atoms with Gasteiger partial charge in [-0.05, 0) is 57.8 Å². The molecule has 0 aromatic carbocycles. The van der Waals surface area contributed by atoms with Crippen molar-refractivity contribution in [3.63, 3.8) is 0 Å². The Kier molecular flexibility index (Phi) is 85.3. The molecular weight excluding hydrogens is 1190 g/mol. The van der Waals surface area contributed by atoms with Gasteiger partial charge in [0.2, 0.25) is 5.91 Å². The van der Waals surface area contributed by atoms with Crippen LogP contribution in [0.2, 0.25) is 0 Å². The fourth-order valence-corrected chi connectivity index (χ4v) is 14.6. The van der Waals surface area contributed by atoms with Crippen molar-refractivity contribution in [2.24, 2.45) is 0 Å². The van der Waals surface area contributed by atoms with Crippen LogP contribution in [0.1, 0.15) is 521 Å². The highest BCUT2D eigenvalue weighted by Crippen LogP contribution is 2.21. The predicted octanol–water partition coefficient (Wildman–Crippen LogP) is 30.3. The fourth-order valence-electron chi connectivity index (χ4n) is 14.6. The molecule has 0 heterocycles. The minimum atomic E-state index is -0.843. The van der Waals surface area contributed by atoms with Gasteiger partial charge in [0.1, 0.15) is 0 Å². The highest BCUT2D eigenvalue weighted by Gasteiger charge is 2.18. The molecule has 0 fully saturated rings. The molecule has 0 rings (SSSR count). The molecule has 0 aliphatic rings. The number of carbonyl (C=O) groups excluding carboxylic acids is 2. The normalized spacial score (nSPS) is 12.5. The van der Waals surface area contributed by atoms with Gasteiger partial charge in [0.15, 0.2) is 0 Å². The van der Waals surface area contributed by atoms with Crippen molar-refractivity contribution in [3.05, 3.63) is 24.3 Å². The van der Waals surface area contributed by atoms with Crippen molar-refractivity contribution >= 4 is 11.9 Å². The maximum absolute atomic E-state index is 12.6. The van der Waals surface area contributed by atoms with Gasteiger partial charge in [-0.3, -0.25) is 9.59 Å². The molecule has 0 aliphatic heterocycles. The molecule has 2 unspecified atom stereocenters. The van der Waals surface area contributed by atoms with Crippen LogP contribution >= 0.6 is 0 Å². The summed E-state index contributed by atoms with van der Waals surface area (Å²) in [6.07, 6.45) is 114. The number of carbonyl (C=O) groups is 2. The Morgan fingerprint density at radius 1 is 0.278 bits per heavy atom. The van der Waals surface area contributed by atoms with Gasteiger partial charge in [-0.1, -0.05) is 475 Å². The van der Waals surface area contributed by atoms with E-state index < -0.39 is 12.1 Å². The number of hydrogen-bond donors (Lipinski definition) is 3. The Bertz CT molecular complexity index is 1530. The average molecular weight is 1370 g/mol. The lowest BCUT2D eigenvalue weighted by Gasteiger charge is -2.20. The molecular formula is C91H177NO5. The molecule has 6 heteroatoms. The van der Waals surface area contributed by atoms with E-state index in [0.717, 1.165) is 38.5 Å². The monoisotopic (exact) mass is 1360 g/mol. The average Bonchev–Trinajstić information content (AvgIpc) is 3.39. The first-order valence-corrected chi connectivity index (χ1v) is 45.1. The van der Waals surface area contributed by atoms with E-state index >= 15 is 0 Å². The van der Waals surface area contributed by atoms with Crippen LogP contribution in [0.5, 0.6) is 0 Å². The minimum Gasteiger partial charge on any atom is -0.466 e. The van der Waals surface area contributed by atoms with E-state index in [4.69, 9.17) is 4.74 Å². The standard InChI is InChI=1S/C91H177NO5/c1-3-5-7-9-11-13-15-17-19-21-23-24-42-45-48-51-55-59-63-67-71-75-79-83-89(94)88(87-93)92-90(95)84-80-76-72-68-64-60-56-52-49-46-43-40-38-36-34-32-30-28-26-25-27-29-31-33-35-37-39-41-44-47-50-54-58-62-66-70-74-78-82-86-97-91(96)85-81-77-73-69-65-61-57-53-22-20-18-16-14-12-10-8-6-4-2/h25-26,79,83,88-89,93-94H,3-24,27-78,80-82,84-87H2,1-2H3,(H,92,95)/b26-25-,83-79+. The summed E-state index contributed by atoms with van der Waals surface area (Å²) >= 11 is 0. The van der Waals surface area contributed by atoms with Crippen LogP contribution in [0.25, 0.3) is 0 Å². The third kappa shape index (κ3) is 83.2. The Balaban J connectivity index is 3.33. The maximum Gasteiger partial charge on any atom is 0.305 e. The smallest absolute Gasteiger partial charge is 0.305 e. The van der Waals surface area contributed by atoms with Crippen LogP contribution in [-0.2, 0) is 14.3 Å². The highest BCUT2D eigenvalue weighted by atomic mass is 16.5. The summed E-state index contributed by atoms with van der Waals surface area (Å²) in [5.74, 6) is -0.0298. The molecule has 0 radical (unpaired) electrons. The lowest BCUT2D eigenvalue weighted by Crippen LogP contribution is -2.45. The lowest BCUT2D eigenvalue weighted by atomic mass is 10.0. The summed E-state index contributed by atoms with van der Waals surface area (Å²) < 4.78 is 5.53. The molecule has 1 amide bonds. The number of hydrogen-bond acceptors (Lipinski definition) is 5. The molecule has 6 nitrogen and oxygen atoms in total. The van der Waals surface area contributed by atoms with Crippen LogP contribution < -0.4 is 5.32 Å². The van der Waals surface area contributed by atoms with Crippen molar-refractivity contribution in [1.82, 2.24) is 5.32 Å². The first-order chi connectivity index (χ1) is 48.0. The van der Waals surface area contributed by atoms with Crippen LogP contribution in [0.15, 0.2) is 24.3 Å². The van der Waals surface area contributed by atoms with Crippen molar-refractivity contribution in [3.8, 4) is 0 Å². The fraction of sp³-hybridized carbons (Fsp3) is 0.934. The number of nitrogens with one attached hydrogen (secondary N) is 1. The molecule has 0 saturated heterocycles. The molecule has 0 bridgehead atoms. The van der Waals surface area contributed by atoms with Gasteiger partial charge in [-0.25, -0.2) is 0 Å². The van der Waals surface area contributed by atoms with E-state index in [1.807, 2.05) is 6.08 Å². The molecule has 97 heavy (non-hydrogen) atoms. The molecule has 2 atom stereocenters. The van der Waals surface area contributed by atoms with E-state index in [0.29, 0.717) is 19.4 Å². The number of aliphatic hydroxyl groups excluding tert-OH is 2. The number of unbranched alkanes of at least 4 members (excludes halogenated alkanes) is 73. The zero-order valence-corrected chi connectivity index (χ0v) is 66.4. The third-order valence-corrected chi connectivity index (χ3v) is 21.5. The Morgan fingerprint density at radius 3 is 0.732 bits per heavy atom. The second-order valence-electron chi connectivity index (χ2n) is 31.3. The van der Waals surface area contributed by atoms with Gasteiger partial charge in [0.05, 0.1) is 25.4 Å². The summed E-state index contributed by atoms with van der Waals surface area (Å²) in [6, 6.07) is -0.626. The number of esters is 1. The molecule has 576 valence electrons. The van der Waals surface area contributed by atoms with Crippen LogP contribution in [0.4, 0.5) is 0 Å². The number of amides is 1. The predicted molar refractivity (Wildman–Crippen MR) is 430 cm³/mol. The molecule has 0 aromatic rings. The maximum atomic E-state index is 12.6. The van der Waals surface area contributed by atoms with E-state index in [-0.39, 0.29) is 18.5 Å². The zero-order chi connectivity index (χ0) is 69.8. The van der Waals surface area contributed by atoms with Crippen molar-refractivity contribution in [2.45, 2.75) is 533 Å². The summed E-state index contributed by atoms with van der Waals surface area (Å²) in [5.41, 5.74) is 0. The minimum absolute atomic E-state index is 0.0280. The molecule has 0 aliphatic carbocycles. The Morgan fingerprint density at radius 2 is 0.485 bits per heavy atom. The van der Waals surface area contributed by atoms with Crippen LogP contribution in [-0.4, -0.2) is 47.4 Å². The van der Waals surface area contributed by atoms with Gasteiger partial charge in [0, 0.05) is 12.8 Å². The Labute approximate surface area is 609 Å². The van der Waals surface area contributed by atoms with Crippen molar-refractivity contribution in [1.29, 1.82) is 0 Å². The van der Waals surface area contributed by atoms with E-state index in [1.165, 1.54) is 456 Å². The summed E-state index contributed by atoms with van der Waals surface area (Å²) in [4.78, 5) is 24.7. The summed E-state index contributed by atoms with van der Waals surface area (Å²) in [6.45, 7) is 4.98. The SMILES string of the molecule is CCCCCCCCCCCCCCCCCCCCCCC/C=C/C(O)C(CO)NC(=O)CCCCCCCCCCCCCCCCCCC/C=C\CCCCCCCCCCCCCCCCCCCCOC(=O)CCCCCCCCCCCCCCCCCCCC. The second kappa shape index (κ2) is 86.7. The van der Waals surface area contributed by atoms with Crippen LogP contribution in [0.3, 0.4) is 0 Å².